The van der Waals surface area contributed by atoms with Gasteiger partial charge in [-0.25, -0.2) is 4.79 Å². The van der Waals surface area contributed by atoms with Crippen molar-refractivity contribution in [3.8, 4) is 0 Å². The number of amides is 1. The lowest BCUT2D eigenvalue weighted by Gasteiger charge is -2.11. The molecular weight excluding hydrogens is 146 g/mol. The summed E-state index contributed by atoms with van der Waals surface area (Å²) in [6, 6.07) is 1.68. The second kappa shape index (κ2) is 3.09. The Bertz CT molecular complexity index is 230. The lowest BCUT2D eigenvalue weighted by molar-refractivity contribution is 0.180. The summed E-state index contributed by atoms with van der Waals surface area (Å²) in [5.41, 5.74) is 0.678. The van der Waals surface area contributed by atoms with E-state index < -0.39 is 6.09 Å². The minimum Gasteiger partial charge on any atom is -0.470 e. The fourth-order valence-corrected chi connectivity index (χ4v) is 0.690. The van der Waals surface area contributed by atoms with Gasteiger partial charge in [0, 0.05) is 13.1 Å². The summed E-state index contributed by atoms with van der Waals surface area (Å²) in [6.45, 7) is 0. The SMILES string of the molecule is COC(=O)N(C)c1ccoc1. The van der Waals surface area contributed by atoms with E-state index in [4.69, 9.17) is 4.42 Å². The predicted molar refractivity (Wildman–Crippen MR) is 39.5 cm³/mol. The second-order valence-corrected chi connectivity index (χ2v) is 2.01. The van der Waals surface area contributed by atoms with Crippen LogP contribution in [0.2, 0.25) is 0 Å². The van der Waals surface area contributed by atoms with Gasteiger partial charge in [0.05, 0.1) is 19.1 Å². The number of hydrogen-bond acceptors (Lipinski definition) is 3. The van der Waals surface area contributed by atoms with Gasteiger partial charge in [-0.3, -0.25) is 4.90 Å². The fourth-order valence-electron chi connectivity index (χ4n) is 0.690. The van der Waals surface area contributed by atoms with Crippen LogP contribution in [0.4, 0.5) is 10.5 Å². The Balaban J connectivity index is 2.70. The number of rotatable bonds is 1. The first-order valence-electron chi connectivity index (χ1n) is 3.09. The average Bonchev–Trinajstić information content (AvgIpc) is 2.53. The number of methoxy groups -OCH3 is 1. The Hall–Kier alpha value is -1.45. The lowest BCUT2D eigenvalue weighted by Crippen LogP contribution is -2.25. The number of furan rings is 1. The molecule has 11 heavy (non-hydrogen) atoms. The lowest BCUT2D eigenvalue weighted by atomic mass is 10.5. The van der Waals surface area contributed by atoms with Crippen molar-refractivity contribution in [3.63, 3.8) is 0 Å². The minimum absolute atomic E-state index is 0.411. The third-order valence-corrected chi connectivity index (χ3v) is 1.34. The van der Waals surface area contributed by atoms with Crippen LogP contribution in [0.3, 0.4) is 0 Å². The number of carbonyl (C=O) groups is 1. The van der Waals surface area contributed by atoms with E-state index in [1.165, 1.54) is 24.5 Å². The zero-order chi connectivity index (χ0) is 8.27. The third kappa shape index (κ3) is 1.52. The molecule has 0 N–H and O–H groups in total. The van der Waals surface area contributed by atoms with Crippen molar-refractivity contribution >= 4 is 11.8 Å². The Morgan fingerprint density at radius 2 is 2.45 bits per heavy atom. The third-order valence-electron chi connectivity index (χ3n) is 1.34. The molecule has 0 aliphatic carbocycles. The summed E-state index contributed by atoms with van der Waals surface area (Å²) in [5.74, 6) is 0. The predicted octanol–water partition coefficient (Wildman–Crippen LogP) is 1.48. The van der Waals surface area contributed by atoms with Crippen molar-refractivity contribution in [2.75, 3.05) is 19.1 Å². The summed E-state index contributed by atoms with van der Waals surface area (Å²) in [5, 5.41) is 0. The maximum atomic E-state index is 10.9. The minimum atomic E-state index is -0.411. The number of hydrogen-bond donors (Lipinski definition) is 0. The van der Waals surface area contributed by atoms with Gasteiger partial charge in [-0.2, -0.15) is 0 Å². The fraction of sp³-hybridized carbons (Fsp3) is 0.286. The van der Waals surface area contributed by atoms with Crippen LogP contribution in [0, 0.1) is 0 Å². The quantitative estimate of drug-likeness (QED) is 0.616. The van der Waals surface area contributed by atoms with Crippen molar-refractivity contribution in [1.82, 2.24) is 0 Å². The van der Waals surface area contributed by atoms with Gasteiger partial charge in [0.1, 0.15) is 6.26 Å². The largest absolute Gasteiger partial charge is 0.470 e. The monoisotopic (exact) mass is 155 g/mol. The van der Waals surface area contributed by atoms with Crippen molar-refractivity contribution < 1.29 is 13.9 Å². The number of ether oxygens (including phenoxy) is 1. The van der Waals surface area contributed by atoms with E-state index in [-0.39, 0.29) is 0 Å². The number of anilines is 1. The van der Waals surface area contributed by atoms with Crippen molar-refractivity contribution in [2.45, 2.75) is 0 Å². The summed E-state index contributed by atoms with van der Waals surface area (Å²) >= 11 is 0. The highest BCUT2D eigenvalue weighted by Crippen LogP contribution is 2.12. The molecule has 0 saturated heterocycles. The van der Waals surface area contributed by atoms with Gasteiger partial charge in [-0.15, -0.1) is 0 Å². The van der Waals surface area contributed by atoms with Crippen molar-refractivity contribution in [3.05, 3.63) is 18.6 Å². The number of carbonyl (C=O) groups excluding carboxylic acids is 1. The van der Waals surface area contributed by atoms with Gasteiger partial charge in [0.15, 0.2) is 0 Å². The average molecular weight is 155 g/mol. The van der Waals surface area contributed by atoms with Crippen molar-refractivity contribution in [2.24, 2.45) is 0 Å². The summed E-state index contributed by atoms with van der Waals surface area (Å²) in [6.07, 6.45) is 2.55. The molecule has 4 nitrogen and oxygen atoms in total. The molecule has 1 amide bonds. The van der Waals surface area contributed by atoms with E-state index >= 15 is 0 Å². The summed E-state index contributed by atoms with van der Waals surface area (Å²) in [7, 11) is 2.94. The molecule has 0 saturated carbocycles. The van der Waals surface area contributed by atoms with Crippen molar-refractivity contribution in [1.29, 1.82) is 0 Å². The van der Waals surface area contributed by atoms with Crippen LogP contribution in [0.25, 0.3) is 0 Å². The molecule has 1 heterocycles. The molecule has 0 unspecified atom stereocenters. The molecule has 0 fully saturated rings. The van der Waals surface area contributed by atoms with Crippen LogP contribution in [-0.2, 0) is 4.74 Å². The molecule has 1 rings (SSSR count). The van der Waals surface area contributed by atoms with Gasteiger partial charge in [-0.05, 0) is 0 Å². The van der Waals surface area contributed by atoms with Crippen LogP contribution >= 0.6 is 0 Å². The normalized spacial score (nSPS) is 9.27. The molecule has 60 valence electrons. The second-order valence-electron chi connectivity index (χ2n) is 2.01. The smallest absolute Gasteiger partial charge is 0.413 e. The first-order chi connectivity index (χ1) is 5.25. The molecule has 0 bridgehead atoms. The standard InChI is InChI=1S/C7H9NO3/c1-8(7(9)10-2)6-3-4-11-5-6/h3-5H,1-2H3. The summed E-state index contributed by atoms with van der Waals surface area (Å²) in [4.78, 5) is 12.2. The van der Waals surface area contributed by atoms with E-state index in [1.807, 2.05) is 0 Å². The topological polar surface area (TPSA) is 42.7 Å². The van der Waals surface area contributed by atoms with Crippen LogP contribution in [0.15, 0.2) is 23.0 Å². The Labute approximate surface area is 64.4 Å². The Kier molecular flexibility index (Phi) is 2.15. The van der Waals surface area contributed by atoms with Crippen LogP contribution in [-0.4, -0.2) is 20.3 Å². The maximum Gasteiger partial charge on any atom is 0.413 e. The van der Waals surface area contributed by atoms with Gasteiger partial charge in [0.25, 0.3) is 0 Å². The molecule has 1 aromatic rings. The first kappa shape index (κ1) is 7.65. The highest BCUT2D eigenvalue weighted by Gasteiger charge is 2.10. The maximum absolute atomic E-state index is 10.9. The molecule has 4 heteroatoms. The van der Waals surface area contributed by atoms with E-state index in [2.05, 4.69) is 4.74 Å². The highest BCUT2D eigenvalue weighted by molar-refractivity contribution is 5.86. The van der Waals surface area contributed by atoms with Crippen LogP contribution < -0.4 is 4.90 Å². The van der Waals surface area contributed by atoms with Gasteiger partial charge < -0.3 is 9.15 Å². The molecule has 0 aliphatic heterocycles. The Morgan fingerprint density at radius 1 is 1.73 bits per heavy atom. The summed E-state index contributed by atoms with van der Waals surface area (Å²) < 4.78 is 9.26. The zero-order valence-corrected chi connectivity index (χ0v) is 6.40. The van der Waals surface area contributed by atoms with E-state index in [9.17, 15) is 4.79 Å². The number of nitrogens with zero attached hydrogens (tertiary/aromatic N) is 1. The van der Waals surface area contributed by atoms with E-state index in [0.717, 1.165) is 0 Å². The molecule has 0 radical (unpaired) electrons. The molecule has 0 atom stereocenters. The molecule has 1 aromatic heterocycles. The molecular formula is C7H9NO3. The van der Waals surface area contributed by atoms with Crippen LogP contribution in [0.1, 0.15) is 0 Å². The van der Waals surface area contributed by atoms with E-state index in [1.54, 1.807) is 13.1 Å². The zero-order valence-electron chi connectivity index (χ0n) is 6.40. The van der Waals surface area contributed by atoms with Gasteiger partial charge >= 0.3 is 6.09 Å². The van der Waals surface area contributed by atoms with Gasteiger partial charge in [0.2, 0.25) is 0 Å². The van der Waals surface area contributed by atoms with Crippen LogP contribution in [0.5, 0.6) is 0 Å². The Morgan fingerprint density at radius 3 is 2.91 bits per heavy atom. The van der Waals surface area contributed by atoms with E-state index in [0.29, 0.717) is 5.69 Å². The molecule has 0 aromatic carbocycles. The molecule has 0 aliphatic rings. The van der Waals surface area contributed by atoms with Gasteiger partial charge in [-0.1, -0.05) is 0 Å². The first-order valence-corrected chi connectivity index (χ1v) is 3.09. The highest BCUT2D eigenvalue weighted by atomic mass is 16.5. The molecule has 0 spiro atoms.